The summed E-state index contributed by atoms with van der Waals surface area (Å²) in [5.74, 6) is 0.0763. The lowest BCUT2D eigenvalue weighted by Crippen LogP contribution is -2.13. The monoisotopic (exact) mass is 416 g/mol. The van der Waals surface area contributed by atoms with Crippen LogP contribution in [0.3, 0.4) is 0 Å². The van der Waals surface area contributed by atoms with Crippen LogP contribution in [0.15, 0.2) is 22.7 Å². The maximum absolute atomic E-state index is 12.7. The molecule has 0 atom stereocenters. The first-order valence-electron chi connectivity index (χ1n) is 8.65. The van der Waals surface area contributed by atoms with Crippen LogP contribution < -0.4 is 0 Å². The lowest BCUT2D eigenvalue weighted by atomic mass is 10.1. The largest absolute Gasteiger partial charge is 0.462 e. The average molecular weight is 417 g/mol. The van der Waals surface area contributed by atoms with E-state index in [1.165, 1.54) is 11.8 Å². The Kier molecular flexibility index (Phi) is 6.48. The average Bonchev–Trinajstić information content (AvgIpc) is 3.38. The second-order valence-corrected chi connectivity index (χ2v) is 7.83. The van der Waals surface area contributed by atoms with E-state index in [4.69, 9.17) is 4.74 Å². The van der Waals surface area contributed by atoms with Crippen molar-refractivity contribution in [3.05, 3.63) is 50.7 Å². The summed E-state index contributed by atoms with van der Waals surface area (Å²) in [6.45, 7) is 5.51. The number of hydrogen-bond acceptors (Lipinski definition) is 7. The summed E-state index contributed by atoms with van der Waals surface area (Å²) >= 11 is 2.85. The van der Waals surface area contributed by atoms with Crippen molar-refractivity contribution in [1.82, 2.24) is 20.2 Å². The number of Topliss-reactive ketones (excluding diaryl/α,β-unsaturated/α-hetero) is 1. The van der Waals surface area contributed by atoms with Crippen LogP contribution >= 0.6 is 23.1 Å². The number of carbonyl (C=O) groups is 2. The first kappa shape index (κ1) is 20.1. The molecule has 0 spiro atoms. The normalized spacial score (nSPS) is 11.2. The standard InChI is InChI=1S/C19H20N4O3S2/c1-4-26-18(25)17-12(3)20-11(2)16(17)14(24)10-28-19-21-15(22-23-19)8-7-13-6-5-9-27-13/h5-9,20H,4,10H2,1-3H3,(H,21,22,23)/b8-7+. The molecule has 0 aliphatic heterocycles. The molecule has 0 amide bonds. The van der Waals surface area contributed by atoms with E-state index >= 15 is 0 Å². The maximum atomic E-state index is 12.7. The van der Waals surface area contributed by atoms with E-state index < -0.39 is 5.97 Å². The van der Waals surface area contributed by atoms with Gasteiger partial charge in [-0.25, -0.2) is 9.78 Å². The number of aryl methyl sites for hydroxylation is 2. The summed E-state index contributed by atoms with van der Waals surface area (Å²) in [5.41, 5.74) is 1.96. The molecule has 146 valence electrons. The third-order valence-electron chi connectivity index (χ3n) is 3.90. The Morgan fingerprint density at radius 2 is 2.04 bits per heavy atom. The number of rotatable bonds is 8. The summed E-state index contributed by atoms with van der Waals surface area (Å²) in [4.78, 5) is 33.5. The van der Waals surface area contributed by atoms with Crippen molar-refractivity contribution in [3.8, 4) is 0 Å². The molecule has 28 heavy (non-hydrogen) atoms. The van der Waals surface area contributed by atoms with E-state index in [-0.39, 0.29) is 18.1 Å². The Labute approximate surface area is 170 Å². The highest BCUT2D eigenvalue weighted by atomic mass is 32.2. The van der Waals surface area contributed by atoms with Crippen LogP contribution in [0.5, 0.6) is 0 Å². The third kappa shape index (κ3) is 4.60. The van der Waals surface area contributed by atoms with Gasteiger partial charge in [-0.15, -0.1) is 16.4 Å². The Balaban J connectivity index is 1.67. The molecule has 3 heterocycles. The minimum atomic E-state index is -0.489. The summed E-state index contributed by atoms with van der Waals surface area (Å²) in [5, 5.41) is 9.44. The highest BCUT2D eigenvalue weighted by Gasteiger charge is 2.25. The molecule has 0 saturated carbocycles. The van der Waals surface area contributed by atoms with E-state index in [0.29, 0.717) is 33.5 Å². The van der Waals surface area contributed by atoms with Gasteiger partial charge in [0.1, 0.15) is 5.82 Å². The van der Waals surface area contributed by atoms with Crippen LogP contribution in [-0.4, -0.2) is 44.3 Å². The van der Waals surface area contributed by atoms with Gasteiger partial charge in [-0.05, 0) is 44.4 Å². The quantitative estimate of drug-likeness (QED) is 0.325. The van der Waals surface area contributed by atoms with E-state index in [2.05, 4.69) is 20.2 Å². The highest BCUT2D eigenvalue weighted by molar-refractivity contribution is 7.99. The molecule has 3 aromatic heterocycles. The number of esters is 1. The fourth-order valence-corrected chi connectivity index (χ4v) is 4.03. The lowest BCUT2D eigenvalue weighted by Gasteiger charge is -2.05. The SMILES string of the molecule is CCOC(=O)c1c(C)[nH]c(C)c1C(=O)CSc1n[nH]c(/C=C/c2cccs2)n1. The Morgan fingerprint density at radius 1 is 1.25 bits per heavy atom. The molecule has 3 rings (SSSR count). The smallest absolute Gasteiger partial charge is 0.340 e. The van der Waals surface area contributed by atoms with E-state index in [0.717, 1.165) is 4.88 Å². The zero-order valence-corrected chi connectivity index (χ0v) is 17.4. The van der Waals surface area contributed by atoms with Crippen LogP contribution in [0.4, 0.5) is 0 Å². The van der Waals surface area contributed by atoms with Gasteiger partial charge in [-0.2, -0.15) is 0 Å². The van der Waals surface area contributed by atoms with E-state index in [9.17, 15) is 9.59 Å². The second-order valence-electron chi connectivity index (χ2n) is 5.91. The molecule has 0 aromatic carbocycles. The number of ether oxygens (including phenoxy) is 1. The minimum Gasteiger partial charge on any atom is -0.462 e. The highest BCUT2D eigenvalue weighted by Crippen LogP contribution is 2.23. The number of thioether (sulfide) groups is 1. The van der Waals surface area contributed by atoms with Gasteiger partial charge >= 0.3 is 5.97 Å². The summed E-state index contributed by atoms with van der Waals surface area (Å²) in [6.07, 6.45) is 3.78. The van der Waals surface area contributed by atoms with Gasteiger partial charge in [-0.1, -0.05) is 17.8 Å². The van der Waals surface area contributed by atoms with Gasteiger partial charge < -0.3 is 9.72 Å². The van der Waals surface area contributed by atoms with Crippen LogP contribution in [0.1, 0.15) is 49.7 Å². The number of hydrogen-bond donors (Lipinski definition) is 2. The molecule has 0 bridgehead atoms. The third-order valence-corrected chi connectivity index (χ3v) is 5.58. The van der Waals surface area contributed by atoms with Crippen molar-refractivity contribution in [2.45, 2.75) is 25.9 Å². The first-order valence-corrected chi connectivity index (χ1v) is 10.5. The van der Waals surface area contributed by atoms with Crippen molar-refractivity contribution in [2.75, 3.05) is 12.4 Å². The molecular formula is C19H20N4O3S2. The number of aromatic nitrogens is 4. The molecule has 0 aliphatic carbocycles. The molecule has 0 unspecified atom stereocenters. The van der Waals surface area contributed by atoms with Crippen molar-refractivity contribution in [1.29, 1.82) is 0 Å². The molecule has 3 aromatic rings. The fraction of sp³-hybridized carbons (Fsp3) is 0.263. The number of thiophene rings is 1. The van der Waals surface area contributed by atoms with Crippen molar-refractivity contribution < 1.29 is 14.3 Å². The van der Waals surface area contributed by atoms with Gasteiger partial charge in [0.25, 0.3) is 0 Å². The number of ketones is 1. The predicted molar refractivity (Wildman–Crippen MR) is 111 cm³/mol. The molecule has 7 nitrogen and oxygen atoms in total. The van der Waals surface area contributed by atoms with Gasteiger partial charge in [0.05, 0.1) is 23.5 Å². The zero-order chi connectivity index (χ0) is 20.1. The topological polar surface area (TPSA) is 101 Å². The van der Waals surface area contributed by atoms with Crippen LogP contribution in [-0.2, 0) is 4.74 Å². The second kappa shape index (κ2) is 9.03. The van der Waals surface area contributed by atoms with Crippen LogP contribution in [0.2, 0.25) is 0 Å². The molecule has 9 heteroatoms. The number of aromatic amines is 2. The first-order chi connectivity index (χ1) is 13.5. The summed E-state index contributed by atoms with van der Waals surface area (Å²) in [6, 6.07) is 3.99. The number of nitrogens with one attached hydrogen (secondary N) is 2. The molecular weight excluding hydrogens is 396 g/mol. The van der Waals surface area contributed by atoms with Gasteiger partial charge in [-0.3, -0.25) is 9.89 Å². The van der Waals surface area contributed by atoms with Gasteiger partial charge in [0, 0.05) is 16.3 Å². The number of H-pyrrole nitrogens is 2. The van der Waals surface area contributed by atoms with Crippen molar-refractivity contribution >= 4 is 47.0 Å². The molecule has 2 N–H and O–H groups in total. The van der Waals surface area contributed by atoms with E-state index in [1.54, 1.807) is 32.1 Å². The van der Waals surface area contributed by atoms with E-state index in [1.807, 2.05) is 29.7 Å². The Hall–Kier alpha value is -2.65. The van der Waals surface area contributed by atoms with Crippen LogP contribution in [0, 0.1) is 13.8 Å². The molecule has 0 aliphatic rings. The lowest BCUT2D eigenvalue weighted by molar-refractivity contribution is 0.0522. The molecule has 0 radical (unpaired) electrons. The van der Waals surface area contributed by atoms with Gasteiger partial charge in [0.2, 0.25) is 5.16 Å². The van der Waals surface area contributed by atoms with Gasteiger partial charge in [0.15, 0.2) is 5.78 Å². The fourth-order valence-electron chi connectivity index (χ4n) is 2.73. The predicted octanol–water partition coefficient (Wildman–Crippen LogP) is 4.13. The van der Waals surface area contributed by atoms with Crippen molar-refractivity contribution in [2.24, 2.45) is 0 Å². The summed E-state index contributed by atoms with van der Waals surface area (Å²) in [7, 11) is 0. The molecule has 0 saturated heterocycles. The zero-order valence-electron chi connectivity index (χ0n) is 15.7. The Bertz CT molecular complexity index is 1000. The van der Waals surface area contributed by atoms with Crippen molar-refractivity contribution in [3.63, 3.8) is 0 Å². The van der Waals surface area contributed by atoms with Crippen LogP contribution in [0.25, 0.3) is 12.2 Å². The number of nitrogens with zero attached hydrogens (tertiary/aromatic N) is 2. The minimum absolute atomic E-state index is 0.121. The number of carbonyl (C=O) groups excluding carboxylic acids is 2. The molecule has 0 fully saturated rings. The maximum Gasteiger partial charge on any atom is 0.340 e. The Morgan fingerprint density at radius 3 is 2.75 bits per heavy atom. The summed E-state index contributed by atoms with van der Waals surface area (Å²) < 4.78 is 5.08.